The van der Waals surface area contributed by atoms with Gasteiger partial charge in [-0.25, -0.2) is 0 Å². The van der Waals surface area contributed by atoms with E-state index in [9.17, 15) is 5.11 Å². The predicted molar refractivity (Wildman–Crippen MR) is 76.6 cm³/mol. The summed E-state index contributed by atoms with van der Waals surface area (Å²) in [5.74, 6) is 0.756. The minimum atomic E-state index is -0.533. The summed E-state index contributed by atoms with van der Waals surface area (Å²) in [6.45, 7) is 7.23. The number of nitrogens with zero attached hydrogens (tertiary/aromatic N) is 2. The van der Waals surface area contributed by atoms with Crippen LogP contribution in [0.2, 0.25) is 0 Å². The fourth-order valence-corrected chi connectivity index (χ4v) is 3.25. The average molecular weight is 315 g/mol. The largest absolute Gasteiger partial charge is 0.389 e. The van der Waals surface area contributed by atoms with Crippen molar-refractivity contribution in [3.8, 4) is 0 Å². The Labute approximate surface area is 118 Å². The van der Waals surface area contributed by atoms with Crippen molar-refractivity contribution in [3.05, 3.63) is 15.9 Å². The zero-order valence-corrected chi connectivity index (χ0v) is 13.1. The molecule has 0 aromatic carbocycles. The van der Waals surface area contributed by atoms with Crippen molar-refractivity contribution in [2.75, 3.05) is 0 Å². The van der Waals surface area contributed by atoms with Crippen LogP contribution in [0.3, 0.4) is 0 Å². The second kappa shape index (κ2) is 5.33. The Balaban J connectivity index is 2.18. The predicted octanol–water partition coefficient (Wildman–Crippen LogP) is 3.46. The van der Waals surface area contributed by atoms with E-state index < -0.39 is 5.60 Å². The van der Waals surface area contributed by atoms with Crippen LogP contribution in [-0.2, 0) is 13.0 Å². The fraction of sp³-hybridized carbons (Fsp3) is 0.786. The van der Waals surface area contributed by atoms with E-state index in [1.165, 1.54) is 0 Å². The molecule has 0 atom stereocenters. The van der Waals surface area contributed by atoms with Crippen LogP contribution in [0.15, 0.2) is 4.47 Å². The third-order valence-electron chi connectivity index (χ3n) is 4.15. The third kappa shape index (κ3) is 2.80. The molecule has 1 aliphatic rings. The lowest BCUT2D eigenvalue weighted by Gasteiger charge is -2.35. The molecular formula is C14H23BrN2O. The quantitative estimate of drug-likeness (QED) is 0.927. The van der Waals surface area contributed by atoms with Crippen molar-refractivity contribution in [3.63, 3.8) is 0 Å². The Morgan fingerprint density at radius 2 is 2.06 bits per heavy atom. The van der Waals surface area contributed by atoms with Gasteiger partial charge in [0.25, 0.3) is 0 Å². The number of rotatable bonds is 3. The van der Waals surface area contributed by atoms with Crippen molar-refractivity contribution in [2.45, 2.75) is 65.0 Å². The normalized spacial score (nSPS) is 28.6. The zero-order chi connectivity index (χ0) is 13.3. The molecule has 0 radical (unpaired) electrons. The summed E-state index contributed by atoms with van der Waals surface area (Å²) >= 11 is 3.61. The molecule has 2 rings (SSSR count). The maximum atomic E-state index is 10.7. The molecule has 1 aliphatic carbocycles. The minimum Gasteiger partial charge on any atom is -0.389 e. The summed E-state index contributed by atoms with van der Waals surface area (Å²) in [6, 6.07) is 0. The summed E-state index contributed by atoms with van der Waals surface area (Å²) in [5, 5.41) is 15.2. The van der Waals surface area contributed by atoms with Crippen LogP contribution in [-0.4, -0.2) is 20.5 Å². The molecule has 0 spiro atoms. The van der Waals surface area contributed by atoms with Crippen LogP contribution in [0.25, 0.3) is 0 Å². The molecule has 1 saturated carbocycles. The molecule has 3 nitrogen and oxygen atoms in total. The first-order chi connectivity index (χ1) is 8.45. The van der Waals surface area contributed by atoms with E-state index in [2.05, 4.69) is 34.9 Å². The van der Waals surface area contributed by atoms with Crippen LogP contribution in [0.4, 0.5) is 0 Å². The molecule has 4 heteroatoms. The Bertz CT molecular complexity index is 420. The van der Waals surface area contributed by atoms with Crippen molar-refractivity contribution >= 4 is 15.9 Å². The molecule has 1 N–H and O–H groups in total. The standard InChI is InChI=1S/C14H23BrN2O/c1-4-17-12(13(15)11(3)16-17)9-14(18)7-5-10(2)6-8-14/h10,18H,4-9H2,1-3H3. The Hall–Kier alpha value is -0.350. The molecule has 1 aromatic heterocycles. The van der Waals surface area contributed by atoms with Crippen LogP contribution >= 0.6 is 15.9 Å². The van der Waals surface area contributed by atoms with Crippen LogP contribution < -0.4 is 0 Å². The first-order valence-corrected chi connectivity index (χ1v) is 7.68. The van der Waals surface area contributed by atoms with E-state index in [1.807, 2.05) is 11.6 Å². The van der Waals surface area contributed by atoms with Crippen molar-refractivity contribution in [1.29, 1.82) is 0 Å². The number of aliphatic hydroxyl groups is 1. The van der Waals surface area contributed by atoms with Gasteiger partial charge in [0.15, 0.2) is 0 Å². The first-order valence-electron chi connectivity index (χ1n) is 6.89. The van der Waals surface area contributed by atoms with Gasteiger partial charge in [0, 0.05) is 13.0 Å². The van der Waals surface area contributed by atoms with Gasteiger partial charge < -0.3 is 5.11 Å². The Morgan fingerprint density at radius 1 is 1.44 bits per heavy atom. The van der Waals surface area contributed by atoms with E-state index in [-0.39, 0.29) is 0 Å². The van der Waals surface area contributed by atoms with Gasteiger partial charge in [-0.1, -0.05) is 6.92 Å². The fourth-order valence-electron chi connectivity index (χ4n) is 2.83. The van der Waals surface area contributed by atoms with E-state index in [4.69, 9.17) is 0 Å². The van der Waals surface area contributed by atoms with Gasteiger partial charge in [-0.3, -0.25) is 4.68 Å². The van der Waals surface area contributed by atoms with Crippen LogP contribution in [0.1, 0.15) is 50.9 Å². The van der Waals surface area contributed by atoms with Crippen LogP contribution in [0, 0.1) is 12.8 Å². The number of halogens is 1. The minimum absolute atomic E-state index is 0.533. The average Bonchev–Trinajstić information content (AvgIpc) is 2.61. The molecule has 0 bridgehead atoms. The van der Waals surface area contributed by atoms with E-state index in [0.29, 0.717) is 0 Å². The highest BCUT2D eigenvalue weighted by Crippen LogP contribution is 2.36. The summed E-state index contributed by atoms with van der Waals surface area (Å²) in [5.41, 5.74) is 1.63. The Morgan fingerprint density at radius 3 is 2.61 bits per heavy atom. The summed E-state index contributed by atoms with van der Waals surface area (Å²) in [4.78, 5) is 0. The van der Waals surface area contributed by atoms with Gasteiger partial charge >= 0.3 is 0 Å². The highest BCUT2D eigenvalue weighted by atomic mass is 79.9. The molecule has 0 amide bonds. The smallest absolute Gasteiger partial charge is 0.0738 e. The molecule has 1 fully saturated rings. The monoisotopic (exact) mass is 314 g/mol. The third-order valence-corrected chi connectivity index (χ3v) is 5.19. The van der Waals surface area contributed by atoms with Gasteiger partial charge in [-0.05, 0) is 61.4 Å². The lowest BCUT2D eigenvalue weighted by Crippen LogP contribution is -2.36. The zero-order valence-electron chi connectivity index (χ0n) is 11.5. The van der Waals surface area contributed by atoms with Crippen LogP contribution in [0.5, 0.6) is 0 Å². The van der Waals surface area contributed by atoms with Gasteiger partial charge in [-0.2, -0.15) is 5.10 Å². The summed E-state index contributed by atoms with van der Waals surface area (Å²) in [7, 11) is 0. The van der Waals surface area contributed by atoms with Gasteiger partial charge in [0.1, 0.15) is 0 Å². The van der Waals surface area contributed by atoms with Crippen molar-refractivity contribution in [1.82, 2.24) is 9.78 Å². The van der Waals surface area contributed by atoms with Crippen molar-refractivity contribution < 1.29 is 5.11 Å². The number of aromatic nitrogens is 2. The van der Waals surface area contributed by atoms with Gasteiger partial charge in [-0.15, -0.1) is 0 Å². The first kappa shape index (κ1) is 14.1. The molecule has 1 heterocycles. The maximum Gasteiger partial charge on any atom is 0.0738 e. The molecule has 18 heavy (non-hydrogen) atoms. The second-order valence-corrected chi connectivity index (χ2v) is 6.54. The van der Waals surface area contributed by atoms with E-state index in [1.54, 1.807) is 0 Å². The summed E-state index contributed by atoms with van der Waals surface area (Å²) in [6.07, 6.45) is 4.80. The molecule has 102 valence electrons. The number of hydrogen-bond acceptors (Lipinski definition) is 2. The number of aryl methyl sites for hydroxylation is 2. The van der Waals surface area contributed by atoms with E-state index in [0.717, 1.165) is 60.4 Å². The molecule has 0 saturated heterocycles. The highest BCUT2D eigenvalue weighted by molar-refractivity contribution is 9.10. The molecular weight excluding hydrogens is 292 g/mol. The topological polar surface area (TPSA) is 38.0 Å². The lowest BCUT2D eigenvalue weighted by molar-refractivity contribution is -0.00839. The van der Waals surface area contributed by atoms with Crippen molar-refractivity contribution in [2.24, 2.45) is 5.92 Å². The molecule has 1 aromatic rings. The van der Waals surface area contributed by atoms with E-state index >= 15 is 0 Å². The second-order valence-electron chi connectivity index (χ2n) is 5.75. The Kier molecular flexibility index (Phi) is 4.17. The molecule has 0 unspecified atom stereocenters. The van der Waals surface area contributed by atoms with Gasteiger partial charge in [0.2, 0.25) is 0 Å². The SMILES string of the molecule is CCn1nc(C)c(Br)c1CC1(O)CCC(C)CC1. The van der Waals surface area contributed by atoms with Gasteiger partial charge in [0.05, 0.1) is 21.5 Å². The lowest BCUT2D eigenvalue weighted by atomic mass is 9.77. The highest BCUT2D eigenvalue weighted by Gasteiger charge is 2.33. The summed E-state index contributed by atoms with van der Waals surface area (Å²) < 4.78 is 3.08. The molecule has 0 aliphatic heterocycles. The number of hydrogen-bond donors (Lipinski definition) is 1. The maximum absolute atomic E-state index is 10.7.